The molecule has 32 heavy (non-hydrogen) atoms. The maximum absolute atomic E-state index is 13.9. The normalized spacial score (nSPS) is 14.7. The first-order valence-corrected chi connectivity index (χ1v) is 11.1. The summed E-state index contributed by atoms with van der Waals surface area (Å²) in [6, 6.07) is 26.0. The van der Waals surface area contributed by atoms with Gasteiger partial charge in [0, 0.05) is 31.4 Å². The van der Waals surface area contributed by atoms with Crippen molar-refractivity contribution in [3.05, 3.63) is 90.0 Å². The lowest BCUT2D eigenvalue weighted by Crippen LogP contribution is -2.47. The molecule has 1 saturated heterocycles. The highest BCUT2D eigenvalue weighted by atomic mass is 16.5. The Morgan fingerprint density at radius 3 is 1.97 bits per heavy atom. The van der Waals surface area contributed by atoms with Gasteiger partial charge in [-0.15, -0.1) is 0 Å². The highest BCUT2D eigenvalue weighted by molar-refractivity contribution is 6.10. The van der Waals surface area contributed by atoms with Gasteiger partial charge in [0.25, 0.3) is 5.91 Å². The van der Waals surface area contributed by atoms with Crippen LogP contribution in [0.4, 0.5) is 5.69 Å². The highest BCUT2D eigenvalue weighted by Gasteiger charge is 2.32. The lowest BCUT2D eigenvalue weighted by Gasteiger charge is -2.39. The molecule has 3 aromatic rings. The predicted octanol–water partition coefficient (Wildman–Crippen LogP) is 5.02. The molecule has 3 aromatic carbocycles. The summed E-state index contributed by atoms with van der Waals surface area (Å²) in [7, 11) is 3.17. The average molecular weight is 431 g/mol. The molecule has 5 nitrogen and oxygen atoms in total. The van der Waals surface area contributed by atoms with Gasteiger partial charge in [-0.05, 0) is 42.7 Å². The van der Waals surface area contributed by atoms with Crippen molar-refractivity contribution >= 4 is 11.6 Å². The zero-order valence-corrected chi connectivity index (χ0v) is 18.7. The molecular formula is C27H30N2O3. The number of carbonyl (C=O) groups is 1. The van der Waals surface area contributed by atoms with E-state index < -0.39 is 0 Å². The maximum Gasteiger partial charge on any atom is 0.266 e. The fourth-order valence-corrected chi connectivity index (χ4v) is 4.44. The molecule has 0 aromatic heterocycles. The number of para-hydroxylation sites is 1. The van der Waals surface area contributed by atoms with Crippen molar-refractivity contribution in [2.24, 2.45) is 0 Å². The highest BCUT2D eigenvalue weighted by Crippen LogP contribution is 2.33. The molecule has 1 amide bonds. The van der Waals surface area contributed by atoms with E-state index >= 15 is 0 Å². The molecule has 0 spiro atoms. The molecule has 5 heteroatoms. The summed E-state index contributed by atoms with van der Waals surface area (Å²) in [5.74, 6) is 0.959. The molecule has 0 atom stereocenters. The molecule has 0 unspecified atom stereocenters. The second-order valence-electron chi connectivity index (χ2n) is 8.04. The number of anilines is 1. The summed E-state index contributed by atoms with van der Waals surface area (Å²) in [5, 5.41) is 0. The van der Waals surface area contributed by atoms with Gasteiger partial charge in [0.15, 0.2) is 0 Å². The van der Waals surface area contributed by atoms with Crippen LogP contribution in [0.25, 0.3) is 0 Å². The minimum atomic E-state index is -0.0907. The molecule has 166 valence electrons. The van der Waals surface area contributed by atoms with Crippen LogP contribution in [0.5, 0.6) is 11.5 Å². The third kappa shape index (κ3) is 4.78. The van der Waals surface area contributed by atoms with E-state index in [-0.39, 0.29) is 11.9 Å². The molecule has 0 bridgehead atoms. The first-order valence-electron chi connectivity index (χ1n) is 11.1. The van der Waals surface area contributed by atoms with Crippen molar-refractivity contribution < 1.29 is 14.3 Å². The number of hydrogen-bond donors (Lipinski definition) is 0. The first kappa shape index (κ1) is 21.9. The molecule has 1 heterocycles. The Morgan fingerprint density at radius 1 is 0.844 bits per heavy atom. The lowest BCUT2D eigenvalue weighted by atomic mass is 9.99. The molecular weight excluding hydrogens is 400 g/mol. The minimum absolute atomic E-state index is 0.0907. The number of ether oxygens (including phenoxy) is 2. The number of amides is 1. The number of hydrogen-bond acceptors (Lipinski definition) is 4. The second kappa shape index (κ2) is 10.3. The van der Waals surface area contributed by atoms with E-state index in [1.165, 1.54) is 5.56 Å². The van der Waals surface area contributed by atoms with Gasteiger partial charge < -0.3 is 14.4 Å². The topological polar surface area (TPSA) is 42.0 Å². The van der Waals surface area contributed by atoms with E-state index in [2.05, 4.69) is 29.2 Å². The Balaban J connectivity index is 1.59. The maximum atomic E-state index is 13.9. The van der Waals surface area contributed by atoms with Crippen LogP contribution in [-0.4, -0.2) is 44.2 Å². The number of carbonyl (C=O) groups excluding carboxylic acids is 1. The molecule has 1 fully saturated rings. The Kier molecular flexibility index (Phi) is 7.07. The van der Waals surface area contributed by atoms with Gasteiger partial charge in [-0.3, -0.25) is 9.69 Å². The SMILES string of the molecule is COc1cccc(OC)c1C(=O)N(c1ccccc1)C1CCN(Cc2ccccc2)CC1. The van der Waals surface area contributed by atoms with Crippen LogP contribution in [0.2, 0.25) is 0 Å². The van der Waals surface area contributed by atoms with E-state index in [0.717, 1.165) is 38.2 Å². The summed E-state index contributed by atoms with van der Waals surface area (Å²) >= 11 is 0. The number of piperidine rings is 1. The molecule has 0 radical (unpaired) electrons. The molecule has 4 rings (SSSR count). The van der Waals surface area contributed by atoms with Crippen LogP contribution < -0.4 is 14.4 Å². The van der Waals surface area contributed by atoms with E-state index in [0.29, 0.717) is 17.1 Å². The first-order chi connectivity index (χ1) is 15.7. The molecule has 1 aliphatic heterocycles. The van der Waals surface area contributed by atoms with Gasteiger partial charge in [0.05, 0.1) is 14.2 Å². The van der Waals surface area contributed by atoms with Crippen molar-refractivity contribution in [2.45, 2.75) is 25.4 Å². The van der Waals surface area contributed by atoms with Crippen molar-refractivity contribution in [3.63, 3.8) is 0 Å². The number of likely N-dealkylation sites (tertiary alicyclic amines) is 1. The number of nitrogens with zero attached hydrogens (tertiary/aromatic N) is 2. The second-order valence-corrected chi connectivity index (χ2v) is 8.04. The van der Waals surface area contributed by atoms with Crippen LogP contribution in [0, 0.1) is 0 Å². The number of benzene rings is 3. The van der Waals surface area contributed by atoms with Gasteiger partial charge in [0.1, 0.15) is 17.1 Å². The zero-order valence-electron chi connectivity index (χ0n) is 18.7. The molecule has 1 aliphatic rings. The van der Waals surface area contributed by atoms with Gasteiger partial charge >= 0.3 is 0 Å². The zero-order chi connectivity index (χ0) is 22.3. The van der Waals surface area contributed by atoms with Crippen LogP contribution in [0.1, 0.15) is 28.8 Å². The molecule has 0 saturated carbocycles. The predicted molar refractivity (Wildman–Crippen MR) is 128 cm³/mol. The average Bonchev–Trinajstić information content (AvgIpc) is 2.86. The van der Waals surface area contributed by atoms with Crippen LogP contribution in [-0.2, 0) is 6.54 Å². The van der Waals surface area contributed by atoms with Gasteiger partial charge in [0.2, 0.25) is 0 Å². The summed E-state index contributed by atoms with van der Waals surface area (Å²) in [6.45, 7) is 2.83. The van der Waals surface area contributed by atoms with Crippen molar-refractivity contribution in [3.8, 4) is 11.5 Å². The minimum Gasteiger partial charge on any atom is -0.496 e. The Bertz CT molecular complexity index is 993. The van der Waals surface area contributed by atoms with E-state index in [4.69, 9.17) is 9.47 Å². The third-order valence-electron chi connectivity index (χ3n) is 6.07. The Labute approximate surface area is 190 Å². The van der Waals surface area contributed by atoms with Crippen LogP contribution >= 0.6 is 0 Å². The molecule has 0 N–H and O–H groups in total. The van der Waals surface area contributed by atoms with Crippen LogP contribution in [0.3, 0.4) is 0 Å². The summed E-state index contributed by atoms with van der Waals surface area (Å²) < 4.78 is 11.1. The standard InChI is InChI=1S/C27H30N2O3/c1-31-24-14-9-15-25(32-2)26(24)27(30)29(22-12-7-4-8-13-22)23-16-18-28(19-17-23)20-21-10-5-3-6-11-21/h3-15,23H,16-20H2,1-2H3. The van der Waals surface area contributed by atoms with Crippen LogP contribution in [0.15, 0.2) is 78.9 Å². The van der Waals surface area contributed by atoms with Gasteiger partial charge in [-0.25, -0.2) is 0 Å². The quantitative estimate of drug-likeness (QED) is 0.528. The summed E-state index contributed by atoms with van der Waals surface area (Å²) in [4.78, 5) is 18.3. The van der Waals surface area contributed by atoms with E-state index in [1.807, 2.05) is 47.4 Å². The third-order valence-corrected chi connectivity index (χ3v) is 6.07. The van der Waals surface area contributed by atoms with Crippen molar-refractivity contribution in [1.82, 2.24) is 4.90 Å². The molecule has 0 aliphatic carbocycles. The van der Waals surface area contributed by atoms with Crippen molar-refractivity contribution in [2.75, 3.05) is 32.2 Å². The number of methoxy groups -OCH3 is 2. The van der Waals surface area contributed by atoms with Gasteiger partial charge in [-0.2, -0.15) is 0 Å². The fourth-order valence-electron chi connectivity index (χ4n) is 4.44. The lowest BCUT2D eigenvalue weighted by molar-refractivity contribution is 0.0952. The monoisotopic (exact) mass is 430 g/mol. The largest absolute Gasteiger partial charge is 0.496 e. The summed E-state index contributed by atoms with van der Waals surface area (Å²) in [5.41, 5.74) is 2.68. The van der Waals surface area contributed by atoms with E-state index in [9.17, 15) is 4.79 Å². The van der Waals surface area contributed by atoms with Crippen molar-refractivity contribution in [1.29, 1.82) is 0 Å². The number of rotatable bonds is 7. The Hall–Kier alpha value is -3.31. The Morgan fingerprint density at radius 2 is 1.41 bits per heavy atom. The fraction of sp³-hybridized carbons (Fsp3) is 0.296. The van der Waals surface area contributed by atoms with Gasteiger partial charge in [-0.1, -0.05) is 54.6 Å². The van der Waals surface area contributed by atoms with E-state index in [1.54, 1.807) is 26.4 Å². The smallest absolute Gasteiger partial charge is 0.266 e. The summed E-state index contributed by atoms with van der Waals surface area (Å²) in [6.07, 6.45) is 1.82.